The van der Waals surface area contributed by atoms with Crippen LogP contribution in [0.1, 0.15) is 39.0 Å². The third-order valence-corrected chi connectivity index (χ3v) is 3.23. The van der Waals surface area contributed by atoms with Crippen LogP contribution in [-0.2, 0) is 4.79 Å². The van der Waals surface area contributed by atoms with Crippen molar-refractivity contribution in [2.75, 3.05) is 6.54 Å². The Morgan fingerprint density at radius 3 is 3.00 bits per heavy atom. The van der Waals surface area contributed by atoms with Gasteiger partial charge in [-0.1, -0.05) is 6.42 Å². The summed E-state index contributed by atoms with van der Waals surface area (Å²) in [5.41, 5.74) is 0. The van der Waals surface area contributed by atoms with Crippen molar-refractivity contribution in [2.24, 2.45) is 0 Å². The molecule has 2 rings (SSSR count). The van der Waals surface area contributed by atoms with Crippen LogP contribution in [0.4, 0.5) is 0 Å². The Labute approximate surface area is 73.9 Å². The number of fused-ring (bicyclic) bond motifs is 1. The third-order valence-electron chi connectivity index (χ3n) is 3.23. The van der Waals surface area contributed by atoms with E-state index in [1.54, 1.807) is 0 Å². The molecule has 0 spiro atoms. The number of hydrogen-bond acceptors (Lipinski definition) is 2. The topological polar surface area (TPSA) is 20.3 Å². The van der Waals surface area contributed by atoms with Gasteiger partial charge in [0.15, 0.2) is 0 Å². The van der Waals surface area contributed by atoms with E-state index >= 15 is 0 Å². The lowest BCUT2D eigenvalue weighted by Crippen LogP contribution is -2.50. The Hall–Kier alpha value is -0.370. The van der Waals surface area contributed by atoms with Gasteiger partial charge in [0.2, 0.25) is 0 Å². The van der Waals surface area contributed by atoms with E-state index < -0.39 is 0 Å². The summed E-state index contributed by atoms with van der Waals surface area (Å²) in [4.78, 5) is 13.8. The lowest BCUT2D eigenvalue weighted by atomic mass is 9.89. The van der Waals surface area contributed by atoms with Crippen molar-refractivity contribution in [1.29, 1.82) is 0 Å². The van der Waals surface area contributed by atoms with E-state index in [2.05, 4.69) is 11.8 Å². The van der Waals surface area contributed by atoms with Gasteiger partial charge in [0, 0.05) is 24.9 Å². The first kappa shape index (κ1) is 8.24. The molecule has 0 unspecified atom stereocenters. The zero-order chi connectivity index (χ0) is 8.55. The Morgan fingerprint density at radius 1 is 1.33 bits per heavy atom. The zero-order valence-electron chi connectivity index (χ0n) is 7.75. The van der Waals surface area contributed by atoms with Crippen LogP contribution in [0.25, 0.3) is 0 Å². The van der Waals surface area contributed by atoms with Gasteiger partial charge in [0.05, 0.1) is 0 Å². The van der Waals surface area contributed by atoms with Crippen molar-refractivity contribution in [2.45, 2.75) is 51.1 Å². The monoisotopic (exact) mass is 167 g/mol. The fourth-order valence-corrected chi connectivity index (χ4v) is 2.62. The van der Waals surface area contributed by atoms with Gasteiger partial charge in [0.1, 0.15) is 5.78 Å². The molecule has 0 saturated carbocycles. The summed E-state index contributed by atoms with van der Waals surface area (Å²) in [5.74, 6) is 0.477. The second-order valence-electron chi connectivity index (χ2n) is 4.18. The summed E-state index contributed by atoms with van der Waals surface area (Å²) in [6.07, 6.45) is 5.51. The van der Waals surface area contributed by atoms with Crippen LogP contribution in [0.15, 0.2) is 0 Å². The molecule has 0 N–H and O–H groups in total. The number of piperidine rings is 2. The summed E-state index contributed by atoms with van der Waals surface area (Å²) in [7, 11) is 0. The van der Waals surface area contributed by atoms with Crippen molar-refractivity contribution in [3.8, 4) is 0 Å². The minimum Gasteiger partial charge on any atom is -0.300 e. The van der Waals surface area contributed by atoms with Gasteiger partial charge in [-0.2, -0.15) is 0 Å². The molecule has 68 valence electrons. The van der Waals surface area contributed by atoms with E-state index in [4.69, 9.17) is 0 Å². The molecule has 0 aromatic carbocycles. The molecule has 0 bridgehead atoms. The van der Waals surface area contributed by atoms with E-state index in [1.807, 2.05) is 0 Å². The standard InChI is InChI=1S/C10H17NO/c1-8-6-10(12)7-9-4-2-3-5-11(8)9/h8-9H,2-7H2,1H3/t8-,9-/m0/s1. The molecular formula is C10H17NO. The molecule has 2 aliphatic rings. The number of nitrogens with zero attached hydrogens (tertiary/aromatic N) is 1. The first-order valence-electron chi connectivity index (χ1n) is 5.05. The molecule has 0 radical (unpaired) electrons. The first-order chi connectivity index (χ1) is 5.77. The van der Waals surface area contributed by atoms with E-state index in [9.17, 15) is 4.79 Å². The molecule has 2 saturated heterocycles. The largest absolute Gasteiger partial charge is 0.300 e. The van der Waals surface area contributed by atoms with E-state index in [1.165, 1.54) is 25.8 Å². The lowest BCUT2D eigenvalue weighted by Gasteiger charge is -2.42. The minimum atomic E-state index is 0.477. The average molecular weight is 167 g/mol. The van der Waals surface area contributed by atoms with Crippen LogP contribution in [0, 0.1) is 0 Å². The van der Waals surface area contributed by atoms with Crippen molar-refractivity contribution < 1.29 is 4.79 Å². The Bertz CT molecular complexity index is 190. The summed E-state index contributed by atoms with van der Waals surface area (Å²) in [5, 5.41) is 0. The average Bonchev–Trinajstić information content (AvgIpc) is 2.04. The van der Waals surface area contributed by atoms with Crippen molar-refractivity contribution >= 4 is 5.78 Å². The highest BCUT2D eigenvalue weighted by Crippen LogP contribution is 2.27. The van der Waals surface area contributed by atoms with E-state index in [-0.39, 0.29) is 0 Å². The number of carbonyl (C=O) groups excluding carboxylic acids is 1. The smallest absolute Gasteiger partial charge is 0.136 e. The quantitative estimate of drug-likeness (QED) is 0.546. The van der Waals surface area contributed by atoms with Crippen LogP contribution in [0.2, 0.25) is 0 Å². The molecule has 0 amide bonds. The minimum absolute atomic E-state index is 0.477. The molecular weight excluding hydrogens is 150 g/mol. The SMILES string of the molecule is C[C@H]1CC(=O)C[C@@H]2CCCCN21. The van der Waals surface area contributed by atoms with Crippen LogP contribution in [-0.4, -0.2) is 29.3 Å². The second-order valence-corrected chi connectivity index (χ2v) is 4.18. The highest BCUT2D eigenvalue weighted by atomic mass is 16.1. The Kier molecular flexibility index (Phi) is 2.18. The molecule has 0 aliphatic carbocycles. The fourth-order valence-electron chi connectivity index (χ4n) is 2.62. The molecule has 2 heteroatoms. The van der Waals surface area contributed by atoms with Gasteiger partial charge >= 0.3 is 0 Å². The highest BCUT2D eigenvalue weighted by Gasteiger charge is 2.33. The van der Waals surface area contributed by atoms with Gasteiger partial charge in [-0.05, 0) is 26.3 Å². The van der Waals surface area contributed by atoms with E-state index in [0.717, 1.165) is 12.8 Å². The summed E-state index contributed by atoms with van der Waals surface area (Å²) < 4.78 is 0. The van der Waals surface area contributed by atoms with Gasteiger partial charge in [-0.15, -0.1) is 0 Å². The van der Waals surface area contributed by atoms with Crippen molar-refractivity contribution in [3.05, 3.63) is 0 Å². The van der Waals surface area contributed by atoms with Crippen LogP contribution >= 0.6 is 0 Å². The number of hydrogen-bond donors (Lipinski definition) is 0. The zero-order valence-corrected chi connectivity index (χ0v) is 7.75. The maximum Gasteiger partial charge on any atom is 0.136 e. The molecule has 2 aliphatic heterocycles. The molecule has 0 aromatic heterocycles. The number of Topliss-reactive ketones (excluding diaryl/α,β-unsaturated/α-hetero) is 1. The molecule has 2 nitrogen and oxygen atoms in total. The molecule has 2 atom stereocenters. The third kappa shape index (κ3) is 1.40. The van der Waals surface area contributed by atoms with Gasteiger partial charge < -0.3 is 0 Å². The number of carbonyl (C=O) groups is 1. The Morgan fingerprint density at radius 2 is 2.17 bits per heavy atom. The van der Waals surface area contributed by atoms with Gasteiger partial charge in [-0.3, -0.25) is 9.69 Å². The molecule has 2 heterocycles. The van der Waals surface area contributed by atoms with Crippen LogP contribution in [0.5, 0.6) is 0 Å². The summed E-state index contributed by atoms with van der Waals surface area (Å²) in [6.45, 7) is 3.41. The van der Waals surface area contributed by atoms with E-state index in [0.29, 0.717) is 17.9 Å². The molecule has 12 heavy (non-hydrogen) atoms. The predicted octanol–water partition coefficient (Wildman–Crippen LogP) is 1.59. The highest BCUT2D eigenvalue weighted by molar-refractivity contribution is 5.80. The second kappa shape index (κ2) is 3.17. The number of ketones is 1. The maximum absolute atomic E-state index is 11.3. The van der Waals surface area contributed by atoms with Gasteiger partial charge in [-0.25, -0.2) is 0 Å². The molecule has 2 fully saturated rings. The summed E-state index contributed by atoms with van der Waals surface area (Å²) >= 11 is 0. The lowest BCUT2D eigenvalue weighted by molar-refractivity contribution is -0.125. The normalized spacial score (nSPS) is 37.9. The predicted molar refractivity (Wildman–Crippen MR) is 48.0 cm³/mol. The summed E-state index contributed by atoms with van der Waals surface area (Å²) in [6, 6.07) is 1.10. The van der Waals surface area contributed by atoms with Crippen molar-refractivity contribution in [1.82, 2.24) is 4.90 Å². The number of rotatable bonds is 0. The first-order valence-corrected chi connectivity index (χ1v) is 5.05. The van der Waals surface area contributed by atoms with Crippen LogP contribution in [0.3, 0.4) is 0 Å². The maximum atomic E-state index is 11.3. The van der Waals surface area contributed by atoms with Crippen molar-refractivity contribution in [3.63, 3.8) is 0 Å². The Balaban J connectivity index is 2.06. The fraction of sp³-hybridized carbons (Fsp3) is 0.900. The molecule has 0 aromatic rings. The van der Waals surface area contributed by atoms with Gasteiger partial charge in [0.25, 0.3) is 0 Å². The van der Waals surface area contributed by atoms with Crippen LogP contribution < -0.4 is 0 Å².